The molecule has 4 heteroatoms. The molecule has 0 aromatic heterocycles. The fourth-order valence-electron chi connectivity index (χ4n) is 3.15. The molecule has 2 aromatic carbocycles. The summed E-state index contributed by atoms with van der Waals surface area (Å²) in [5.74, 6) is 0.150. The van der Waals surface area contributed by atoms with Crippen LogP contribution in [0.5, 0.6) is 0 Å². The van der Waals surface area contributed by atoms with E-state index in [9.17, 15) is 4.79 Å². The van der Waals surface area contributed by atoms with Crippen LogP contribution in [0.25, 0.3) is 11.1 Å². The third kappa shape index (κ3) is 3.92. The fourth-order valence-corrected chi connectivity index (χ4v) is 3.15. The predicted molar refractivity (Wildman–Crippen MR) is 97.1 cm³/mol. The van der Waals surface area contributed by atoms with Gasteiger partial charge >= 0.3 is 0 Å². The summed E-state index contributed by atoms with van der Waals surface area (Å²) in [5.41, 5.74) is 3.10. The van der Waals surface area contributed by atoms with Crippen LogP contribution < -0.4 is 5.32 Å². The van der Waals surface area contributed by atoms with E-state index in [1.807, 2.05) is 54.4 Å². The molecular weight excluding hydrogens is 308 g/mol. The molecule has 0 spiro atoms. The lowest BCUT2D eigenvalue weighted by atomic mass is 10.0. The Bertz CT molecular complexity index is 628. The number of halogens is 1. The van der Waals surface area contributed by atoms with Crippen LogP contribution in [0.2, 0.25) is 0 Å². The van der Waals surface area contributed by atoms with Crippen molar-refractivity contribution in [1.29, 1.82) is 0 Å². The summed E-state index contributed by atoms with van der Waals surface area (Å²) in [6, 6.07) is 18.5. The topological polar surface area (TPSA) is 32.3 Å². The Morgan fingerprint density at radius 1 is 1.09 bits per heavy atom. The summed E-state index contributed by atoms with van der Waals surface area (Å²) in [6.07, 6.45) is 2.19. The Labute approximate surface area is 144 Å². The molecule has 1 saturated heterocycles. The summed E-state index contributed by atoms with van der Waals surface area (Å²) >= 11 is 0. The minimum Gasteiger partial charge on any atom is -0.334 e. The van der Waals surface area contributed by atoms with Gasteiger partial charge in [-0.15, -0.1) is 12.4 Å². The highest BCUT2D eigenvalue weighted by molar-refractivity contribution is 5.95. The van der Waals surface area contributed by atoms with Gasteiger partial charge in [0.1, 0.15) is 0 Å². The molecule has 0 aliphatic carbocycles. The molecule has 1 fully saturated rings. The lowest BCUT2D eigenvalue weighted by molar-refractivity contribution is 0.0737. The number of benzene rings is 2. The van der Waals surface area contributed by atoms with Crippen molar-refractivity contribution in [2.75, 3.05) is 20.1 Å². The maximum absolute atomic E-state index is 12.7. The molecule has 2 aromatic rings. The van der Waals surface area contributed by atoms with Gasteiger partial charge in [0.15, 0.2) is 0 Å². The lowest BCUT2D eigenvalue weighted by Crippen LogP contribution is -2.40. The first-order chi connectivity index (χ1) is 10.8. The van der Waals surface area contributed by atoms with E-state index in [2.05, 4.69) is 17.4 Å². The normalized spacial score (nSPS) is 16.9. The Hall–Kier alpha value is -1.84. The number of likely N-dealkylation sites (tertiary alicyclic amines) is 1. The maximum atomic E-state index is 12.7. The van der Waals surface area contributed by atoms with Gasteiger partial charge in [-0.1, -0.05) is 42.5 Å². The van der Waals surface area contributed by atoms with Gasteiger partial charge in [0.2, 0.25) is 0 Å². The van der Waals surface area contributed by atoms with E-state index in [0.717, 1.165) is 37.1 Å². The zero-order valence-electron chi connectivity index (χ0n) is 13.4. The van der Waals surface area contributed by atoms with Crippen LogP contribution in [0.3, 0.4) is 0 Å². The van der Waals surface area contributed by atoms with Crippen molar-refractivity contribution in [3.8, 4) is 11.1 Å². The molecule has 3 rings (SSSR count). The van der Waals surface area contributed by atoms with Gasteiger partial charge in [0, 0.05) is 24.7 Å². The Morgan fingerprint density at radius 2 is 1.74 bits per heavy atom. The van der Waals surface area contributed by atoms with E-state index >= 15 is 0 Å². The van der Waals surface area contributed by atoms with Crippen molar-refractivity contribution >= 4 is 18.3 Å². The van der Waals surface area contributed by atoms with Gasteiger partial charge in [-0.2, -0.15) is 0 Å². The standard InChI is InChI=1S/C19H22N2O.ClH/c1-20-14-18-8-5-13-21(18)19(22)17-11-9-16(10-12-17)15-6-3-2-4-7-15;/h2-4,6-7,9-12,18,20H,5,8,13-14H2,1H3;1H. The highest BCUT2D eigenvalue weighted by Crippen LogP contribution is 2.22. The summed E-state index contributed by atoms with van der Waals surface area (Å²) in [5, 5.41) is 3.18. The Balaban J connectivity index is 0.00000192. The van der Waals surface area contributed by atoms with Crippen molar-refractivity contribution in [3.63, 3.8) is 0 Å². The number of hydrogen-bond donors (Lipinski definition) is 1. The summed E-state index contributed by atoms with van der Waals surface area (Å²) in [4.78, 5) is 14.7. The van der Waals surface area contributed by atoms with Gasteiger partial charge in [0.25, 0.3) is 5.91 Å². The fraction of sp³-hybridized carbons (Fsp3) is 0.316. The van der Waals surface area contributed by atoms with Crippen molar-refractivity contribution in [1.82, 2.24) is 10.2 Å². The van der Waals surface area contributed by atoms with Gasteiger partial charge in [-0.25, -0.2) is 0 Å². The number of likely N-dealkylation sites (N-methyl/N-ethyl adjacent to an activating group) is 1. The zero-order chi connectivity index (χ0) is 15.4. The number of carbonyl (C=O) groups is 1. The van der Waals surface area contributed by atoms with E-state index in [-0.39, 0.29) is 18.3 Å². The van der Waals surface area contributed by atoms with Crippen molar-refractivity contribution in [2.45, 2.75) is 18.9 Å². The molecule has 1 unspecified atom stereocenters. The number of amides is 1. The van der Waals surface area contributed by atoms with E-state index in [0.29, 0.717) is 6.04 Å². The summed E-state index contributed by atoms with van der Waals surface area (Å²) in [6.45, 7) is 1.74. The second kappa shape index (κ2) is 8.14. The van der Waals surface area contributed by atoms with Crippen LogP contribution in [-0.4, -0.2) is 37.0 Å². The predicted octanol–water partition coefficient (Wildman–Crippen LogP) is 3.60. The Kier molecular flexibility index (Phi) is 6.20. The van der Waals surface area contributed by atoms with Crippen LogP contribution in [0, 0.1) is 0 Å². The van der Waals surface area contributed by atoms with Gasteiger partial charge in [0.05, 0.1) is 0 Å². The molecule has 1 heterocycles. The first-order valence-electron chi connectivity index (χ1n) is 7.90. The van der Waals surface area contributed by atoms with Gasteiger partial charge in [-0.3, -0.25) is 4.79 Å². The highest BCUT2D eigenvalue weighted by atomic mass is 35.5. The smallest absolute Gasteiger partial charge is 0.254 e. The average Bonchev–Trinajstić information content (AvgIpc) is 3.04. The van der Waals surface area contributed by atoms with Crippen LogP contribution in [0.1, 0.15) is 23.2 Å². The van der Waals surface area contributed by atoms with E-state index < -0.39 is 0 Å². The molecule has 1 aliphatic rings. The van der Waals surface area contributed by atoms with E-state index in [4.69, 9.17) is 0 Å². The van der Waals surface area contributed by atoms with Crippen molar-refractivity contribution in [3.05, 3.63) is 60.2 Å². The molecule has 0 radical (unpaired) electrons. The van der Waals surface area contributed by atoms with Crippen LogP contribution >= 0.6 is 12.4 Å². The molecule has 1 aliphatic heterocycles. The third-order valence-electron chi connectivity index (χ3n) is 4.32. The lowest BCUT2D eigenvalue weighted by Gasteiger charge is -2.24. The molecule has 23 heavy (non-hydrogen) atoms. The number of rotatable bonds is 4. The van der Waals surface area contributed by atoms with Crippen molar-refractivity contribution < 1.29 is 4.79 Å². The number of hydrogen-bond acceptors (Lipinski definition) is 2. The number of nitrogens with zero attached hydrogens (tertiary/aromatic N) is 1. The first kappa shape index (κ1) is 17.5. The summed E-state index contributed by atoms with van der Waals surface area (Å²) in [7, 11) is 1.94. The zero-order valence-corrected chi connectivity index (χ0v) is 14.2. The monoisotopic (exact) mass is 330 g/mol. The minimum absolute atomic E-state index is 0. The molecule has 1 N–H and O–H groups in total. The van der Waals surface area contributed by atoms with Crippen LogP contribution in [0.15, 0.2) is 54.6 Å². The second-order valence-corrected chi connectivity index (χ2v) is 5.80. The largest absolute Gasteiger partial charge is 0.334 e. The quantitative estimate of drug-likeness (QED) is 0.929. The number of carbonyl (C=O) groups excluding carboxylic acids is 1. The highest BCUT2D eigenvalue weighted by Gasteiger charge is 2.28. The molecule has 1 atom stereocenters. The van der Waals surface area contributed by atoms with E-state index in [1.54, 1.807) is 0 Å². The van der Waals surface area contributed by atoms with Gasteiger partial charge in [-0.05, 0) is 43.1 Å². The Morgan fingerprint density at radius 3 is 2.39 bits per heavy atom. The first-order valence-corrected chi connectivity index (χ1v) is 7.90. The molecule has 0 bridgehead atoms. The average molecular weight is 331 g/mol. The maximum Gasteiger partial charge on any atom is 0.254 e. The molecular formula is C19H23ClN2O. The molecule has 3 nitrogen and oxygen atoms in total. The molecule has 122 valence electrons. The van der Waals surface area contributed by atoms with Crippen molar-refractivity contribution in [2.24, 2.45) is 0 Å². The summed E-state index contributed by atoms with van der Waals surface area (Å²) < 4.78 is 0. The minimum atomic E-state index is 0. The second-order valence-electron chi connectivity index (χ2n) is 5.80. The van der Waals surface area contributed by atoms with E-state index in [1.165, 1.54) is 5.56 Å². The van der Waals surface area contributed by atoms with Gasteiger partial charge < -0.3 is 10.2 Å². The molecule has 1 amide bonds. The van der Waals surface area contributed by atoms with Crippen LogP contribution in [0.4, 0.5) is 0 Å². The molecule has 0 saturated carbocycles. The van der Waals surface area contributed by atoms with Crippen LogP contribution in [-0.2, 0) is 0 Å². The number of nitrogens with one attached hydrogen (secondary N) is 1. The third-order valence-corrected chi connectivity index (χ3v) is 4.32. The SMILES string of the molecule is CNCC1CCCN1C(=O)c1ccc(-c2ccccc2)cc1.Cl.